The first-order valence-electron chi connectivity index (χ1n) is 10.3. The predicted octanol–water partition coefficient (Wildman–Crippen LogP) is 6.30. The third-order valence-corrected chi connectivity index (χ3v) is 5.65. The molecule has 27 heavy (non-hydrogen) atoms. The number of hydrogen-bond acceptors (Lipinski definition) is 2. The molecule has 0 aliphatic rings. The smallest absolute Gasteiger partial charge is 0.310 e. The van der Waals surface area contributed by atoms with Gasteiger partial charge in [0.1, 0.15) is 13.2 Å². The van der Waals surface area contributed by atoms with Crippen LogP contribution in [0.2, 0.25) is 10.0 Å². The molecule has 0 saturated carbocycles. The van der Waals surface area contributed by atoms with Crippen molar-refractivity contribution in [3.05, 3.63) is 33.8 Å². The Morgan fingerprint density at radius 3 is 2.19 bits per heavy atom. The molecule has 0 heterocycles. The molecule has 3 nitrogen and oxygen atoms in total. The van der Waals surface area contributed by atoms with Gasteiger partial charge >= 0.3 is 5.97 Å². The van der Waals surface area contributed by atoms with E-state index in [4.69, 9.17) is 27.9 Å². The second-order valence-corrected chi connectivity index (χ2v) is 8.82. The van der Waals surface area contributed by atoms with E-state index in [0.717, 1.165) is 23.1 Å². The number of nitrogens with zero attached hydrogens (tertiary/aromatic N) is 1. The highest BCUT2D eigenvalue weighted by Crippen LogP contribution is 2.22. The summed E-state index contributed by atoms with van der Waals surface area (Å²) in [6, 6.07) is 5.22. The summed E-state index contributed by atoms with van der Waals surface area (Å²) >= 11 is 11.9. The lowest BCUT2D eigenvalue weighted by atomic mass is 10.1. The summed E-state index contributed by atoms with van der Waals surface area (Å²) in [5.41, 5.74) is 0.821. The SMILES string of the molecule is CCCCCCCCCC[N+](C)(C)CCOC(=O)Cc1ccc(Cl)c(Cl)c1. The molecule has 0 radical (unpaired) electrons. The minimum Gasteiger partial charge on any atom is -0.459 e. The number of ether oxygens (including phenoxy) is 1. The molecule has 1 aromatic carbocycles. The van der Waals surface area contributed by atoms with E-state index in [1.165, 1.54) is 51.4 Å². The van der Waals surface area contributed by atoms with Crippen LogP contribution in [0.25, 0.3) is 0 Å². The zero-order valence-electron chi connectivity index (χ0n) is 17.2. The number of carbonyl (C=O) groups is 1. The van der Waals surface area contributed by atoms with Gasteiger partial charge in [-0.1, -0.05) is 74.7 Å². The maximum absolute atomic E-state index is 12.0. The highest BCUT2D eigenvalue weighted by Gasteiger charge is 2.16. The largest absolute Gasteiger partial charge is 0.459 e. The first-order chi connectivity index (χ1) is 12.8. The molecule has 1 rings (SSSR count). The Labute approximate surface area is 175 Å². The van der Waals surface area contributed by atoms with Gasteiger partial charge in [-0.15, -0.1) is 0 Å². The molecule has 5 heteroatoms. The molecule has 0 amide bonds. The van der Waals surface area contributed by atoms with Crippen LogP contribution in [0, 0.1) is 0 Å². The molecule has 0 N–H and O–H groups in total. The van der Waals surface area contributed by atoms with Crippen molar-refractivity contribution in [2.24, 2.45) is 0 Å². The van der Waals surface area contributed by atoms with Crippen molar-refractivity contribution in [3.8, 4) is 0 Å². The predicted molar refractivity (Wildman–Crippen MR) is 116 cm³/mol. The van der Waals surface area contributed by atoms with Gasteiger partial charge in [-0.05, 0) is 30.5 Å². The van der Waals surface area contributed by atoms with E-state index in [0.29, 0.717) is 16.7 Å². The van der Waals surface area contributed by atoms with Crippen LogP contribution in [0.15, 0.2) is 18.2 Å². The molecule has 0 spiro atoms. The van der Waals surface area contributed by atoms with Gasteiger partial charge in [0.25, 0.3) is 0 Å². The maximum atomic E-state index is 12.0. The number of quaternary nitrogens is 1. The Morgan fingerprint density at radius 1 is 0.926 bits per heavy atom. The van der Waals surface area contributed by atoms with Crippen LogP contribution in [-0.2, 0) is 16.0 Å². The molecule has 0 aliphatic carbocycles. The summed E-state index contributed by atoms with van der Waals surface area (Å²) in [4.78, 5) is 12.0. The van der Waals surface area contributed by atoms with E-state index < -0.39 is 0 Å². The minimum atomic E-state index is -0.222. The standard InChI is InChI=1S/C22H36Cl2NO2/c1-4-5-6-7-8-9-10-11-14-25(2,3)15-16-27-22(26)18-19-12-13-20(23)21(24)17-19/h12-13,17H,4-11,14-16,18H2,1-3H3/q+1. The highest BCUT2D eigenvalue weighted by atomic mass is 35.5. The van der Waals surface area contributed by atoms with Gasteiger partial charge in [-0.3, -0.25) is 4.79 Å². The fourth-order valence-corrected chi connectivity index (χ4v) is 3.38. The summed E-state index contributed by atoms with van der Waals surface area (Å²) in [5, 5.41) is 0.957. The number of rotatable bonds is 14. The van der Waals surface area contributed by atoms with Crippen LogP contribution in [0.5, 0.6) is 0 Å². The lowest BCUT2D eigenvalue weighted by Gasteiger charge is -2.29. The Morgan fingerprint density at radius 2 is 1.56 bits per heavy atom. The Hall–Kier alpha value is -0.770. The number of carbonyl (C=O) groups excluding carboxylic acids is 1. The van der Waals surface area contributed by atoms with Crippen LogP contribution in [-0.4, -0.2) is 44.2 Å². The molecule has 0 atom stereocenters. The van der Waals surface area contributed by atoms with Gasteiger partial charge in [-0.2, -0.15) is 0 Å². The number of benzene rings is 1. The first-order valence-corrected chi connectivity index (χ1v) is 11.0. The van der Waals surface area contributed by atoms with Crippen molar-refractivity contribution < 1.29 is 14.0 Å². The molecule has 1 aromatic rings. The Bertz CT molecular complexity index is 561. The molecule has 0 aromatic heterocycles. The first kappa shape index (κ1) is 24.3. The van der Waals surface area contributed by atoms with Gasteiger partial charge in [0.05, 0.1) is 37.1 Å². The van der Waals surface area contributed by atoms with Crippen LogP contribution in [0.3, 0.4) is 0 Å². The van der Waals surface area contributed by atoms with Gasteiger partial charge in [0, 0.05) is 0 Å². The normalized spacial score (nSPS) is 11.6. The van der Waals surface area contributed by atoms with Crippen LogP contribution < -0.4 is 0 Å². The summed E-state index contributed by atoms with van der Waals surface area (Å²) < 4.78 is 6.29. The molecule has 0 bridgehead atoms. The summed E-state index contributed by atoms with van der Waals surface area (Å²) in [5.74, 6) is -0.222. The number of unbranched alkanes of at least 4 members (excludes halogenated alkanes) is 7. The number of likely N-dealkylation sites (N-methyl/N-ethyl adjacent to an activating group) is 1. The molecule has 0 aliphatic heterocycles. The third-order valence-electron chi connectivity index (χ3n) is 4.91. The van der Waals surface area contributed by atoms with Gasteiger partial charge in [0.2, 0.25) is 0 Å². The monoisotopic (exact) mass is 416 g/mol. The van der Waals surface area contributed by atoms with E-state index in [1.807, 2.05) is 0 Å². The third kappa shape index (κ3) is 11.6. The van der Waals surface area contributed by atoms with E-state index in [1.54, 1.807) is 18.2 Å². The van der Waals surface area contributed by atoms with E-state index in [2.05, 4.69) is 21.0 Å². The quantitative estimate of drug-likeness (QED) is 0.202. The zero-order valence-corrected chi connectivity index (χ0v) is 18.7. The van der Waals surface area contributed by atoms with E-state index in [-0.39, 0.29) is 12.4 Å². The molecule has 0 saturated heterocycles. The molecular formula is C22H36Cl2NO2+. The van der Waals surface area contributed by atoms with Gasteiger partial charge in [0.15, 0.2) is 0 Å². The van der Waals surface area contributed by atoms with Crippen molar-refractivity contribution >= 4 is 29.2 Å². The van der Waals surface area contributed by atoms with Gasteiger partial charge < -0.3 is 9.22 Å². The topological polar surface area (TPSA) is 26.3 Å². The number of hydrogen-bond donors (Lipinski definition) is 0. The molecule has 0 unspecified atom stereocenters. The second kappa shape index (κ2) is 13.4. The van der Waals surface area contributed by atoms with Crippen molar-refractivity contribution in [3.63, 3.8) is 0 Å². The zero-order chi connectivity index (χ0) is 20.1. The molecule has 0 fully saturated rings. The van der Waals surface area contributed by atoms with Crippen molar-refractivity contribution in [1.82, 2.24) is 0 Å². The average Bonchev–Trinajstić information content (AvgIpc) is 2.60. The van der Waals surface area contributed by atoms with Crippen LogP contribution in [0.1, 0.15) is 63.9 Å². The van der Waals surface area contributed by atoms with E-state index in [9.17, 15) is 4.79 Å². The fourth-order valence-electron chi connectivity index (χ4n) is 3.06. The number of esters is 1. The molecular weight excluding hydrogens is 381 g/mol. The van der Waals surface area contributed by atoms with Crippen LogP contribution >= 0.6 is 23.2 Å². The fraction of sp³-hybridized carbons (Fsp3) is 0.682. The van der Waals surface area contributed by atoms with Gasteiger partial charge in [-0.25, -0.2) is 0 Å². The van der Waals surface area contributed by atoms with Crippen molar-refractivity contribution in [2.45, 2.75) is 64.7 Å². The molecule has 154 valence electrons. The maximum Gasteiger partial charge on any atom is 0.310 e. The summed E-state index contributed by atoms with van der Waals surface area (Å²) in [6.45, 7) is 4.66. The van der Waals surface area contributed by atoms with E-state index >= 15 is 0 Å². The lowest BCUT2D eigenvalue weighted by molar-refractivity contribution is -0.890. The van der Waals surface area contributed by atoms with Crippen LogP contribution in [0.4, 0.5) is 0 Å². The summed E-state index contributed by atoms with van der Waals surface area (Å²) in [7, 11) is 4.40. The summed E-state index contributed by atoms with van der Waals surface area (Å²) in [6.07, 6.45) is 10.9. The van der Waals surface area contributed by atoms with Crippen molar-refractivity contribution in [1.29, 1.82) is 0 Å². The average molecular weight is 417 g/mol. The second-order valence-electron chi connectivity index (χ2n) is 8.00. The Balaban J connectivity index is 2.14. The van der Waals surface area contributed by atoms with Crippen molar-refractivity contribution in [2.75, 3.05) is 33.8 Å². The minimum absolute atomic E-state index is 0.222. The Kier molecular flexibility index (Phi) is 12.1. The lowest BCUT2D eigenvalue weighted by Crippen LogP contribution is -2.43. The number of halogens is 2. The highest BCUT2D eigenvalue weighted by molar-refractivity contribution is 6.42.